The van der Waals surface area contributed by atoms with Gasteiger partial charge in [-0.05, 0) is 44.5 Å². The normalized spacial score (nSPS) is 11.2. The third-order valence-corrected chi connectivity index (χ3v) is 2.88. The van der Waals surface area contributed by atoms with Crippen LogP contribution in [0, 0.1) is 6.92 Å². The summed E-state index contributed by atoms with van der Waals surface area (Å²) in [6.07, 6.45) is 3.01. The molecule has 4 heteroatoms. The summed E-state index contributed by atoms with van der Waals surface area (Å²) in [6.45, 7) is 7.41. The minimum atomic E-state index is -0.941. The zero-order valence-electron chi connectivity index (χ0n) is 12.6. The predicted octanol–water partition coefficient (Wildman–Crippen LogP) is 2.95. The molecule has 4 nitrogen and oxygen atoms in total. The van der Waals surface area contributed by atoms with E-state index in [-0.39, 0.29) is 6.10 Å². The number of hydrogen-bond donors (Lipinski definition) is 1. The van der Waals surface area contributed by atoms with Crippen LogP contribution in [-0.2, 0) is 9.53 Å². The molecule has 1 aromatic rings. The van der Waals surface area contributed by atoms with Crippen molar-refractivity contribution >= 4 is 17.7 Å². The predicted molar refractivity (Wildman–Crippen MR) is 82.2 cm³/mol. The molecule has 0 heterocycles. The van der Waals surface area contributed by atoms with E-state index in [0.717, 1.165) is 29.4 Å². The minimum absolute atomic E-state index is 0.216. The zero-order chi connectivity index (χ0) is 15.1. The molecule has 1 rings (SSSR count). The number of benzene rings is 1. The number of aliphatic carboxylic acids is 1. The van der Waals surface area contributed by atoms with Gasteiger partial charge in [-0.3, -0.25) is 0 Å². The number of hydrogen-bond acceptors (Lipinski definition) is 3. The number of anilines is 1. The molecule has 0 bridgehead atoms. The number of carboxylic acid groups (broad SMARTS) is 1. The smallest absolute Gasteiger partial charge is 0.328 e. The van der Waals surface area contributed by atoms with Crippen LogP contribution >= 0.6 is 0 Å². The molecule has 0 aliphatic carbocycles. The van der Waals surface area contributed by atoms with Crippen LogP contribution in [0.1, 0.15) is 25.0 Å². The topological polar surface area (TPSA) is 49.8 Å². The number of carbonyl (C=O) groups is 1. The number of carboxylic acids is 1. The van der Waals surface area contributed by atoms with Crippen LogP contribution in [0.25, 0.3) is 6.08 Å². The lowest BCUT2D eigenvalue weighted by Gasteiger charge is -2.22. The maximum absolute atomic E-state index is 10.7. The number of aryl methyl sites for hydroxylation is 1. The third kappa shape index (κ3) is 5.45. The number of rotatable bonds is 7. The molecule has 0 aromatic heterocycles. The van der Waals surface area contributed by atoms with Crippen LogP contribution in [0.15, 0.2) is 24.3 Å². The van der Waals surface area contributed by atoms with Gasteiger partial charge < -0.3 is 14.7 Å². The standard InChI is InChI=1S/C16H23NO3/c1-12(2)20-10-9-17(4)15-7-5-13(3)11-14(15)6-8-16(18)19/h5-8,11-12H,9-10H2,1-4H3,(H,18,19)/b8-6+. The first-order chi connectivity index (χ1) is 9.40. The second-order valence-electron chi connectivity index (χ2n) is 5.07. The Hall–Kier alpha value is -1.81. The van der Waals surface area contributed by atoms with Gasteiger partial charge in [0.05, 0.1) is 12.7 Å². The molecular weight excluding hydrogens is 254 g/mol. The summed E-state index contributed by atoms with van der Waals surface area (Å²) in [4.78, 5) is 12.7. The van der Waals surface area contributed by atoms with Gasteiger partial charge in [-0.25, -0.2) is 4.79 Å². The Kier molecular flexibility index (Phi) is 6.25. The molecule has 20 heavy (non-hydrogen) atoms. The van der Waals surface area contributed by atoms with Crippen LogP contribution in [0.5, 0.6) is 0 Å². The highest BCUT2D eigenvalue weighted by atomic mass is 16.5. The van der Waals surface area contributed by atoms with E-state index in [1.54, 1.807) is 6.08 Å². The molecule has 0 fully saturated rings. The van der Waals surface area contributed by atoms with E-state index in [1.807, 2.05) is 46.0 Å². The molecular formula is C16H23NO3. The van der Waals surface area contributed by atoms with E-state index in [0.29, 0.717) is 6.61 Å². The third-order valence-electron chi connectivity index (χ3n) is 2.88. The van der Waals surface area contributed by atoms with E-state index < -0.39 is 5.97 Å². The first-order valence-corrected chi connectivity index (χ1v) is 6.74. The van der Waals surface area contributed by atoms with Crippen molar-refractivity contribution in [3.63, 3.8) is 0 Å². The Morgan fingerprint density at radius 2 is 2.15 bits per heavy atom. The average molecular weight is 277 g/mol. The lowest BCUT2D eigenvalue weighted by molar-refractivity contribution is -0.131. The first kappa shape index (κ1) is 16.2. The molecule has 0 unspecified atom stereocenters. The van der Waals surface area contributed by atoms with E-state index in [4.69, 9.17) is 9.84 Å². The van der Waals surface area contributed by atoms with Gasteiger partial charge in [-0.15, -0.1) is 0 Å². The van der Waals surface area contributed by atoms with Gasteiger partial charge in [0.1, 0.15) is 0 Å². The first-order valence-electron chi connectivity index (χ1n) is 6.74. The highest BCUT2D eigenvalue weighted by molar-refractivity contribution is 5.87. The van der Waals surface area contributed by atoms with Crippen LogP contribution in [0.4, 0.5) is 5.69 Å². The van der Waals surface area contributed by atoms with E-state index in [2.05, 4.69) is 4.90 Å². The van der Waals surface area contributed by atoms with Crippen LogP contribution in [-0.4, -0.2) is 37.4 Å². The Morgan fingerprint density at radius 3 is 2.75 bits per heavy atom. The van der Waals surface area contributed by atoms with E-state index in [1.165, 1.54) is 0 Å². The summed E-state index contributed by atoms with van der Waals surface area (Å²) < 4.78 is 5.54. The molecule has 0 spiro atoms. The van der Waals surface area contributed by atoms with E-state index in [9.17, 15) is 4.79 Å². The maximum Gasteiger partial charge on any atom is 0.328 e. The molecule has 0 aliphatic rings. The quantitative estimate of drug-likeness (QED) is 0.778. The molecule has 0 amide bonds. The highest BCUT2D eigenvalue weighted by Gasteiger charge is 2.06. The molecule has 1 aromatic carbocycles. The zero-order valence-corrected chi connectivity index (χ0v) is 12.6. The van der Waals surface area contributed by atoms with Gasteiger partial charge in [-0.1, -0.05) is 11.6 Å². The van der Waals surface area contributed by atoms with Crippen molar-refractivity contribution < 1.29 is 14.6 Å². The molecule has 0 radical (unpaired) electrons. The van der Waals surface area contributed by atoms with Crippen molar-refractivity contribution in [3.05, 3.63) is 35.4 Å². The van der Waals surface area contributed by atoms with Crippen molar-refractivity contribution in [2.24, 2.45) is 0 Å². The fourth-order valence-corrected chi connectivity index (χ4v) is 1.86. The van der Waals surface area contributed by atoms with Crippen molar-refractivity contribution in [2.75, 3.05) is 25.1 Å². The minimum Gasteiger partial charge on any atom is -0.478 e. The molecule has 0 aliphatic heterocycles. The SMILES string of the molecule is Cc1ccc(N(C)CCOC(C)C)c(/C=C/C(=O)O)c1. The largest absolute Gasteiger partial charge is 0.478 e. The van der Waals surface area contributed by atoms with Crippen LogP contribution in [0.3, 0.4) is 0 Å². The van der Waals surface area contributed by atoms with Crippen molar-refractivity contribution in [3.8, 4) is 0 Å². The van der Waals surface area contributed by atoms with E-state index >= 15 is 0 Å². The van der Waals surface area contributed by atoms with Gasteiger partial charge in [0, 0.05) is 25.4 Å². The molecule has 0 atom stereocenters. The van der Waals surface area contributed by atoms with Crippen LogP contribution < -0.4 is 4.90 Å². The number of ether oxygens (including phenoxy) is 1. The molecule has 0 saturated heterocycles. The van der Waals surface area contributed by atoms with Gasteiger partial charge in [-0.2, -0.15) is 0 Å². The van der Waals surface area contributed by atoms with Crippen molar-refractivity contribution in [1.29, 1.82) is 0 Å². The Morgan fingerprint density at radius 1 is 1.45 bits per heavy atom. The maximum atomic E-state index is 10.7. The van der Waals surface area contributed by atoms with Crippen LogP contribution in [0.2, 0.25) is 0 Å². The summed E-state index contributed by atoms with van der Waals surface area (Å²) >= 11 is 0. The van der Waals surface area contributed by atoms with Gasteiger partial charge in [0.15, 0.2) is 0 Å². The fraction of sp³-hybridized carbons (Fsp3) is 0.438. The number of nitrogens with zero attached hydrogens (tertiary/aromatic N) is 1. The highest BCUT2D eigenvalue weighted by Crippen LogP contribution is 2.22. The lowest BCUT2D eigenvalue weighted by Crippen LogP contribution is -2.24. The average Bonchev–Trinajstić information content (AvgIpc) is 2.35. The molecule has 1 N–H and O–H groups in total. The Labute approximate surface area is 120 Å². The molecule has 0 saturated carbocycles. The second-order valence-corrected chi connectivity index (χ2v) is 5.07. The summed E-state index contributed by atoms with van der Waals surface area (Å²) in [5.74, 6) is -0.941. The van der Waals surface area contributed by atoms with Gasteiger partial charge in [0.25, 0.3) is 0 Å². The summed E-state index contributed by atoms with van der Waals surface area (Å²) in [7, 11) is 1.98. The Balaban J connectivity index is 2.84. The Bertz CT molecular complexity index is 481. The lowest BCUT2D eigenvalue weighted by atomic mass is 10.1. The monoisotopic (exact) mass is 277 g/mol. The number of likely N-dealkylation sites (N-methyl/N-ethyl adjacent to an activating group) is 1. The summed E-state index contributed by atoms with van der Waals surface area (Å²) in [5.41, 5.74) is 3.01. The van der Waals surface area contributed by atoms with Gasteiger partial charge in [0.2, 0.25) is 0 Å². The van der Waals surface area contributed by atoms with Crippen molar-refractivity contribution in [1.82, 2.24) is 0 Å². The fourth-order valence-electron chi connectivity index (χ4n) is 1.86. The second kappa shape index (κ2) is 7.70. The summed E-state index contributed by atoms with van der Waals surface area (Å²) in [6, 6.07) is 6.01. The van der Waals surface area contributed by atoms with Crippen molar-refractivity contribution in [2.45, 2.75) is 26.9 Å². The summed E-state index contributed by atoms with van der Waals surface area (Å²) in [5, 5.41) is 8.76. The molecule has 110 valence electrons. The van der Waals surface area contributed by atoms with Gasteiger partial charge >= 0.3 is 5.97 Å².